The van der Waals surface area contributed by atoms with Gasteiger partial charge in [0.05, 0.1) is 12.8 Å². The third-order valence-corrected chi connectivity index (χ3v) is 3.02. The van der Waals surface area contributed by atoms with Gasteiger partial charge in [-0.15, -0.1) is 0 Å². The standard InChI is InChI=1S/C12H18N2O/c1-15-12-8-3-2-6-11(12)14-10-7-4-5-9(10)13/h2-3,6,8-10,14H,4-5,7,13H2,1H3/t9-,10+/m1/s1. The number of hydrogen-bond acceptors (Lipinski definition) is 3. The fraction of sp³-hybridized carbons (Fsp3) is 0.500. The molecule has 1 fully saturated rings. The normalized spacial score (nSPS) is 25.2. The predicted octanol–water partition coefficient (Wildman–Crippen LogP) is 1.99. The first-order valence-electron chi connectivity index (χ1n) is 5.46. The zero-order valence-electron chi connectivity index (χ0n) is 9.07. The van der Waals surface area contributed by atoms with Gasteiger partial charge in [-0.2, -0.15) is 0 Å². The van der Waals surface area contributed by atoms with Gasteiger partial charge in [0.1, 0.15) is 5.75 Å². The quantitative estimate of drug-likeness (QED) is 0.795. The van der Waals surface area contributed by atoms with Crippen LogP contribution in [0.5, 0.6) is 5.75 Å². The lowest BCUT2D eigenvalue weighted by Crippen LogP contribution is -2.35. The maximum Gasteiger partial charge on any atom is 0.141 e. The van der Waals surface area contributed by atoms with Gasteiger partial charge >= 0.3 is 0 Å². The minimum absolute atomic E-state index is 0.273. The summed E-state index contributed by atoms with van der Waals surface area (Å²) in [5.74, 6) is 0.886. The zero-order chi connectivity index (χ0) is 10.7. The highest BCUT2D eigenvalue weighted by Gasteiger charge is 2.24. The molecule has 3 N–H and O–H groups in total. The number of para-hydroxylation sites is 2. The molecule has 0 saturated heterocycles. The van der Waals surface area contributed by atoms with Crippen molar-refractivity contribution in [2.24, 2.45) is 5.73 Å². The second-order valence-corrected chi connectivity index (χ2v) is 4.05. The van der Waals surface area contributed by atoms with E-state index in [4.69, 9.17) is 10.5 Å². The Morgan fingerprint density at radius 2 is 2.13 bits per heavy atom. The summed E-state index contributed by atoms with van der Waals surface area (Å²) in [4.78, 5) is 0. The number of benzene rings is 1. The third-order valence-electron chi connectivity index (χ3n) is 3.02. The van der Waals surface area contributed by atoms with Gasteiger partial charge in [0, 0.05) is 12.1 Å². The Morgan fingerprint density at radius 1 is 1.33 bits per heavy atom. The Labute approximate surface area is 90.6 Å². The van der Waals surface area contributed by atoms with Crippen molar-refractivity contribution in [2.75, 3.05) is 12.4 Å². The SMILES string of the molecule is COc1ccccc1N[C@H]1CCC[C@H]1N. The van der Waals surface area contributed by atoms with Crippen LogP contribution in [0.1, 0.15) is 19.3 Å². The second kappa shape index (κ2) is 4.53. The lowest BCUT2D eigenvalue weighted by atomic mass is 10.1. The Morgan fingerprint density at radius 3 is 2.80 bits per heavy atom. The number of methoxy groups -OCH3 is 1. The highest BCUT2D eigenvalue weighted by Crippen LogP contribution is 2.27. The van der Waals surface area contributed by atoms with Crippen LogP contribution in [0.4, 0.5) is 5.69 Å². The summed E-state index contributed by atoms with van der Waals surface area (Å²) >= 11 is 0. The van der Waals surface area contributed by atoms with Crippen LogP contribution >= 0.6 is 0 Å². The summed E-state index contributed by atoms with van der Waals surface area (Å²) in [6, 6.07) is 8.63. The van der Waals surface area contributed by atoms with Crippen molar-refractivity contribution < 1.29 is 4.74 Å². The first-order chi connectivity index (χ1) is 7.31. The molecule has 0 aliphatic heterocycles. The van der Waals surface area contributed by atoms with E-state index in [1.54, 1.807) is 7.11 Å². The molecule has 1 saturated carbocycles. The lowest BCUT2D eigenvalue weighted by Gasteiger charge is -2.20. The molecule has 0 amide bonds. The van der Waals surface area contributed by atoms with Crippen LogP contribution in [0.2, 0.25) is 0 Å². The number of ether oxygens (including phenoxy) is 1. The van der Waals surface area contributed by atoms with Crippen LogP contribution in [0, 0.1) is 0 Å². The van der Waals surface area contributed by atoms with Gasteiger partial charge in [0.25, 0.3) is 0 Å². The number of rotatable bonds is 3. The molecule has 0 spiro atoms. The topological polar surface area (TPSA) is 47.3 Å². The summed E-state index contributed by atoms with van der Waals surface area (Å²) in [7, 11) is 1.69. The molecule has 2 rings (SSSR count). The van der Waals surface area contributed by atoms with E-state index in [2.05, 4.69) is 5.32 Å². The number of nitrogens with two attached hydrogens (primary N) is 1. The van der Waals surface area contributed by atoms with Gasteiger partial charge in [-0.25, -0.2) is 0 Å². The van der Waals surface area contributed by atoms with Gasteiger partial charge < -0.3 is 15.8 Å². The van der Waals surface area contributed by atoms with E-state index in [1.807, 2.05) is 24.3 Å². The van der Waals surface area contributed by atoms with E-state index in [1.165, 1.54) is 6.42 Å². The molecule has 1 aliphatic carbocycles. The highest BCUT2D eigenvalue weighted by atomic mass is 16.5. The first-order valence-corrected chi connectivity index (χ1v) is 5.46. The van der Waals surface area contributed by atoms with Crippen molar-refractivity contribution in [1.29, 1.82) is 0 Å². The Bertz CT molecular complexity index is 327. The van der Waals surface area contributed by atoms with Crippen LogP contribution < -0.4 is 15.8 Å². The fourth-order valence-electron chi connectivity index (χ4n) is 2.13. The van der Waals surface area contributed by atoms with Crippen molar-refractivity contribution in [1.82, 2.24) is 0 Å². The van der Waals surface area contributed by atoms with Crippen LogP contribution in [0.25, 0.3) is 0 Å². The average molecular weight is 206 g/mol. The van der Waals surface area contributed by atoms with Gasteiger partial charge in [-0.3, -0.25) is 0 Å². The molecule has 15 heavy (non-hydrogen) atoms. The minimum atomic E-state index is 0.273. The van der Waals surface area contributed by atoms with Crippen molar-refractivity contribution in [2.45, 2.75) is 31.3 Å². The molecule has 0 aromatic heterocycles. The van der Waals surface area contributed by atoms with Crippen molar-refractivity contribution in [3.63, 3.8) is 0 Å². The van der Waals surface area contributed by atoms with Crippen LogP contribution in [-0.2, 0) is 0 Å². The molecule has 82 valence electrons. The molecule has 0 bridgehead atoms. The van der Waals surface area contributed by atoms with Crippen LogP contribution in [0.15, 0.2) is 24.3 Å². The summed E-state index contributed by atoms with van der Waals surface area (Å²) in [5.41, 5.74) is 7.06. The van der Waals surface area contributed by atoms with E-state index in [-0.39, 0.29) is 6.04 Å². The molecule has 3 heteroatoms. The van der Waals surface area contributed by atoms with E-state index < -0.39 is 0 Å². The monoisotopic (exact) mass is 206 g/mol. The second-order valence-electron chi connectivity index (χ2n) is 4.05. The smallest absolute Gasteiger partial charge is 0.141 e. The van der Waals surface area contributed by atoms with E-state index in [9.17, 15) is 0 Å². The third kappa shape index (κ3) is 2.23. The van der Waals surface area contributed by atoms with Gasteiger partial charge in [-0.1, -0.05) is 12.1 Å². The molecule has 1 aromatic rings. The molecule has 1 aliphatic rings. The highest BCUT2D eigenvalue weighted by molar-refractivity contribution is 5.57. The zero-order valence-corrected chi connectivity index (χ0v) is 9.07. The molecule has 3 nitrogen and oxygen atoms in total. The largest absolute Gasteiger partial charge is 0.495 e. The van der Waals surface area contributed by atoms with E-state index >= 15 is 0 Å². The van der Waals surface area contributed by atoms with Crippen LogP contribution in [-0.4, -0.2) is 19.2 Å². The van der Waals surface area contributed by atoms with E-state index in [0.29, 0.717) is 6.04 Å². The summed E-state index contributed by atoms with van der Waals surface area (Å²) in [6.07, 6.45) is 3.49. The Balaban J connectivity index is 2.09. The summed E-state index contributed by atoms with van der Waals surface area (Å²) in [6.45, 7) is 0. The summed E-state index contributed by atoms with van der Waals surface area (Å²) in [5, 5.41) is 3.46. The molecule has 2 atom stereocenters. The molecule has 0 radical (unpaired) electrons. The molecular formula is C12H18N2O. The van der Waals surface area contributed by atoms with Crippen molar-refractivity contribution >= 4 is 5.69 Å². The van der Waals surface area contributed by atoms with Gasteiger partial charge in [0.2, 0.25) is 0 Å². The van der Waals surface area contributed by atoms with E-state index in [0.717, 1.165) is 24.3 Å². The molecule has 0 heterocycles. The Kier molecular flexibility index (Phi) is 3.11. The predicted molar refractivity (Wildman–Crippen MR) is 62.2 cm³/mol. The first kappa shape index (κ1) is 10.3. The fourth-order valence-corrected chi connectivity index (χ4v) is 2.13. The maximum absolute atomic E-state index is 6.02. The Hall–Kier alpha value is -1.22. The van der Waals surface area contributed by atoms with Crippen molar-refractivity contribution in [3.05, 3.63) is 24.3 Å². The number of hydrogen-bond donors (Lipinski definition) is 2. The van der Waals surface area contributed by atoms with Crippen molar-refractivity contribution in [3.8, 4) is 5.75 Å². The minimum Gasteiger partial charge on any atom is -0.495 e. The molecular weight excluding hydrogens is 188 g/mol. The lowest BCUT2D eigenvalue weighted by molar-refractivity contribution is 0.415. The molecule has 0 unspecified atom stereocenters. The molecule has 1 aromatic carbocycles. The maximum atomic E-state index is 6.02. The summed E-state index contributed by atoms with van der Waals surface area (Å²) < 4.78 is 5.29. The number of anilines is 1. The number of nitrogens with one attached hydrogen (secondary N) is 1. The van der Waals surface area contributed by atoms with Gasteiger partial charge in [-0.05, 0) is 31.4 Å². The van der Waals surface area contributed by atoms with Crippen LogP contribution in [0.3, 0.4) is 0 Å². The average Bonchev–Trinajstić information content (AvgIpc) is 2.65. The van der Waals surface area contributed by atoms with Gasteiger partial charge in [0.15, 0.2) is 0 Å².